The molecule has 0 spiro atoms. The van der Waals surface area contributed by atoms with Crippen LogP contribution in [0.4, 0.5) is 0 Å². The summed E-state index contributed by atoms with van der Waals surface area (Å²) < 4.78 is 0. The van der Waals surface area contributed by atoms with Gasteiger partial charge in [-0.3, -0.25) is 4.79 Å². The van der Waals surface area contributed by atoms with Gasteiger partial charge in [-0.15, -0.1) is 0 Å². The zero-order valence-electron chi connectivity index (χ0n) is 10.7. The fraction of sp³-hybridized carbons (Fsp3) is 0.615. The second kappa shape index (κ2) is 4.31. The molecule has 96 valence electrons. The summed E-state index contributed by atoms with van der Waals surface area (Å²) in [5, 5.41) is 14.5. The number of piperidine rings is 1. The molecule has 1 aromatic heterocycles. The Kier molecular flexibility index (Phi) is 2.78. The lowest BCUT2D eigenvalue weighted by atomic mass is 10.1. The monoisotopic (exact) mass is 246 g/mol. The standard InChI is InChI=1S/C13H18N4O/c1-3-11-8(4-7(2)16-17-11)13(18)15-12-9-5-14-6-10(9)12/h4,9-10,12,14H,3,5-6H2,1-2H3,(H,15,18). The van der Waals surface area contributed by atoms with Crippen LogP contribution in [-0.2, 0) is 6.42 Å². The minimum atomic E-state index is 0.00394. The number of nitrogens with one attached hydrogen (secondary N) is 2. The minimum absolute atomic E-state index is 0.00394. The highest BCUT2D eigenvalue weighted by Gasteiger charge is 2.53. The molecule has 1 aliphatic carbocycles. The summed E-state index contributed by atoms with van der Waals surface area (Å²) in [5.74, 6) is 1.27. The smallest absolute Gasteiger partial charge is 0.253 e. The number of aryl methyl sites for hydroxylation is 2. The Bertz CT molecular complexity index is 478. The van der Waals surface area contributed by atoms with E-state index in [0.717, 1.165) is 30.9 Å². The number of aromatic nitrogens is 2. The van der Waals surface area contributed by atoms with Gasteiger partial charge in [-0.2, -0.15) is 10.2 Å². The zero-order valence-corrected chi connectivity index (χ0v) is 10.7. The Balaban J connectivity index is 1.74. The molecule has 2 aliphatic rings. The van der Waals surface area contributed by atoms with Crippen LogP contribution in [0.3, 0.4) is 0 Å². The summed E-state index contributed by atoms with van der Waals surface area (Å²) in [5.41, 5.74) is 2.25. The first-order valence-corrected chi connectivity index (χ1v) is 6.55. The van der Waals surface area contributed by atoms with Crippen LogP contribution in [0.25, 0.3) is 0 Å². The Morgan fingerprint density at radius 2 is 2.17 bits per heavy atom. The lowest BCUT2D eigenvalue weighted by Gasteiger charge is -2.10. The summed E-state index contributed by atoms with van der Waals surface area (Å²) >= 11 is 0. The SMILES string of the molecule is CCc1nnc(C)cc1C(=O)NC1C2CNCC21. The van der Waals surface area contributed by atoms with E-state index in [-0.39, 0.29) is 5.91 Å². The van der Waals surface area contributed by atoms with E-state index >= 15 is 0 Å². The van der Waals surface area contributed by atoms with Crippen LogP contribution in [0.15, 0.2) is 6.07 Å². The van der Waals surface area contributed by atoms with Crippen LogP contribution in [0.2, 0.25) is 0 Å². The third kappa shape index (κ3) is 1.88. The Morgan fingerprint density at radius 1 is 1.44 bits per heavy atom. The van der Waals surface area contributed by atoms with Crippen LogP contribution in [-0.4, -0.2) is 35.2 Å². The van der Waals surface area contributed by atoms with Crippen molar-refractivity contribution in [2.24, 2.45) is 11.8 Å². The molecule has 0 bridgehead atoms. The van der Waals surface area contributed by atoms with Crippen LogP contribution in [0.5, 0.6) is 0 Å². The van der Waals surface area contributed by atoms with Crippen molar-refractivity contribution < 1.29 is 4.79 Å². The van der Waals surface area contributed by atoms with Gasteiger partial charge >= 0.3 is 0 Å². The maximum atomic E-state index is 12.3. The maximum absolute atomic E-state index is 12.3. The number of fused-ring (bicyclic) bond motifs is 1. The van der Waals surface area contributed by atoms with Gasteiger partial charge in [0.05, 0.1) is 17.0 Å². The molecule has 5 heteroatoms. The molecule has 0 aromatic carbocycles. The van der Waals surface area contributed by atoms with Crippen molar-refractivity contribution in [1.29, 1.82) is 0 Å². The number of amides is 1. The number of carbonyl (C=O) groups is 1. The molecular weight excluding hydrogens is 228 g/mol. The highest BCUT2D eigenvalue weighted by atomic mass is 16.1. The zero-order chi connectivity index (χ0) is 12.7. The molecule has 0 radical (unpaired) electrons. The molecule has 1 aromatic rings. The predicted molar refractivity (Wildman–Crippen MR) is 67.3 cm³/mol. The number of hydrogen-bond donors (Lipinski definition) is 2. The van der Waals surface area contributed by atoms with E-state index in [2.05, 4.69) is 20.8 Å². The van der Waals surface area contributed by atoms with Gasteiger partial charge in [0.25, 0.3) is 5.91 Å². The molecular formula is C13H18N4O. The van der Waals surface area contributed by atoms with E-state index in [0.29, 0.717) is 23.4 Å². The molecule has 1 amide bonds. The molecule has 3 rings (SSSR count). The third-order valence-electron chi connectivity index (χ3n) is 3.96. The van der Waals surface area contributed by atoms with E-state index in [4.69, 9.17) is 0 Å². The van der Waals surface area contributed by atoms with Crippen molar-refractivity contribution in [2.45, 2.75) is 26.3 Å². The fourth-order valence-electron chi connectivity index (χ4n) is 2.83. The van der Waals surface area contributed by atoms with E-state index in [1.165, 1.54) is 0 Å². The largest absolute Gasteiger partial charge is 0.349 e. The van der Waals surface area contributed by atoms with E-state index in [9.17, 15) is 4.79 Å². The maximum Gasteiger partial charge on any atom is 0.253 e. The van der Waals surface area contributed by atoms with Gasteiger partial charge in [0.1, 0.15) is 0 Å². The molecule has 2 heterocycles. The van der Waals surface area contributed by atoms with Crippen LogP contribution in [0.1, 0.15) is 28.7 Å². The van der Waals surface area contributed by atoms with E-state index in [1.807, 2.05) is 19.9 Å². The summed E-state index contributed by atoms with van der Waals surface area (Å²) in [6.07, 6.45) is 0.731. The van der Waals surface area contributed by atoms with Crippen molar-refractivity contribution in [3.8, 4) is 0 Å². The van der Waals surface area contributed by atoms with Gasteiger partial charge in [0, 0.05) is 19.1 Å². The Morgan fingerprint density at radius 3 is 2.83 bits per heavy atom. The van der Waals surface area contributed by atoms with Crippen LogP contribution in [0, 0.1) is 18.8 Å². The highest BCUT2D eigenvalue weighted by Crippen LogP contribution is 2.41. The first kappa shape index (κ1) is 11.6. The second-order valence-corrected chi connectivity index (χ2v) is 5.18. The van der Waals surface area contributed by atoms with E-state index < -0.39 is 0 Å². The lowest BCUT2D eigenvalue weighted by molar-refractivity contribution is 0.0945. The van der Waals surface area contributed by atoms with Crippen molar-refractivity contribution in [3.05, 3.63) is 23.0 Å². The van der Waals surface area contributed by atoms with Crippen LogP contribution < -0.4 is 10.6 Å². The third-order valence-corrected chi connectivity index (χ3v) is 3.96. The average molecular weight is 246 g/mol. The van der Waals surface area contributed by atoms with Gasteiger partial charge in [-0.25, -0.2) is 0 Å². The predicted octanol–water partition coefficient (Wildman–Crippen LogP) is 0.295. The molecule has 2 unspecified atom stereocenters. The first-order valence-electron chi connectivity index (χ1n) is 6.55. The molecule has 1 saturated heterocycles. The molecule has 1 saturated carbocycles. The van der Waals surface area contributed by atoms with Gasteiger partial charge in [0.15, 0.2) is 0 Å². The van der Waals surface area contributed by atoms with E-state index in [1.54, 1.807) is 0 Å². The quantitative estimate of drug-likeness (QED) is 0.804. The summed E-state index contributed by atoms with van der Waals surface area (Å²) in [6, 6.07) is 2.19. The molecule has 2 atom stereocenters. The molecule has 1 aliphatic heterocycles. The Labute approximate surface area is 106 Å². The minimum Gasteiger partial charge on any atom is -0.349 e. The van der Waals surface area contributed by atoms with Gasteiger partial charge in [0.2, 0.25) is 0 Å². The first-order chi connectivity index (χ1) is 8.70. The molecule has 18 heavy (non-hydrogen) atoms. The number of hydrogen-bond acceptors (Lipinski definition) is 4. The van der Waals surface area contributed by atoms with Crippen molar-refractivity contribution in [1.82, 2.24) is 20.8 Å². The summed E-state index contributed by atoms with van der Waals surface area (Å²) in [7, 11) is 0. The number of nitrogens with zero attached hydrogens (tertiary/aromatic N) is 2. The van der Waals surface area contributed by atoms with Crippen molar-refractivity contribution >= 4 is 5.91 Å². The lowest BCUT2D eigenvalue weighted by Crippen LogP contribution is -2.33. The highest BCUT2D eigenvalue weighted by molar-refractivity contribution is 5.95. The van der Waals surface area contributed by atoms with Gasteiger partial charge < -0.3 is 10.6 Å². The molecule has 2 fully saturated rings. The van der Waals surface area contributed by atoms with Crippen molar-refractivity contribution in [3.63, 3.8) is 0 Å². The topological polar surface area (TPSA) is 66.9 Å². The second-order valence-electron chi connectivity index (χ2n) is 5.18. The van der Waals surface area contributed by atoms with Gasteiger partial charge in [-0.1, -0.05) is 6.92 Å². The molecule has 2 N–H and O–H groups in total. The number of carbonyl (C=O) groups excluding carboxylic acids is 1. The normalized spacial score (nSPS) is 28.9. The molecule has 5 nitrogen and oxygen atoms in total. The summed E-state index contributed by atoms with van der Waals surface area (Å²) in [4.78, 5) is 12.3. The summed E-state index contributed by atoms with van der Waals surface area (Å²) in [6.45, 7) is 5.92. The number of rotatable bonds is 3. The van der Waals surface area contributed by atoms with Crippen molar-refractivity contribution in [2.75, 3.05) is 13.1 Å². The Hall–Kier alpha value is -1.49. The van der Waals surface area contributed by atoms with Gasteiger partial charge in [-0.05, 0) is 31.2 Å². The average Bonchev–Trinajstić information content (AvgIpc) is 2.81. The fourth-order valence-corrected chi connectivity index (χ4v) is 2.83. The van der Waals surface area contributed by atoms with Crippen LogP contribution >= 0.6 is 0 Å².